The SMILES string of the molecule is Cc1noc(CN2CCC[C@H](c3nnc(CN4CCC(O)CC4)n3C)C2)n1. The quantitative estimate of drug-likeness (QED) is 0.821. The second kappa shape index (κ2) is 8.04. The first-order valence-electron chi connectivity index (χ1n) is 9.88. The fourth-order valence-electron chi connectivity index (χ4n) is 4.15. The number of piperidine rings is 2. The average Bonchev–Trinajstić information content (AvgIpc) is 3.23. The van der Waals surface area contributed by atoms with Crippen LogP contribution >= 0.6 is 0 Å². The lowest BCUT2D eigenvalue weighted by atomic mass is 9.97. The molecule has 27 heavy (non-hydrogen) atoms. The Bertz CT molecular complexity index is 751. The summed E-state index contributed by atoms with van der Waals surface area (Å²) in [5, 5.41) is 22.5. The van der Waals surface area contributed by atoms with E-state index in [4.69, 9.17) is 4.52 Å². The highest BCUT2D eigenvalue weighted by Crippen LogP contribution is 2.27. The van der Waals surface area contributed by atoms with Crippen molar-refractivity contribution in [3.63, 3.8) is 0 Å². The van der Waals surface area contributed by atoms with E-state index in [-0.39, 0.29) is 6.10 Å². The fraction of sp³-hybridized carbons (Fsp3) is 0.778. The number of aromatic nitrogens is 5. The maximum Gasteiger partial charge on any atom is 0.240 e. The van der Waals surface area contributed by atoms with Crippen molar-refractivity contribution in [2.75, 3.05) is 26.2 Å². The Labute approximate surface area is 159 Å². The number of aryl methyl sites for hydroxylation is 1. The summed E-state index contributed by atoms with van der Waals surface area (Å²) in [6.07, 6.45) is 3.80. The predicted octanol–water partition coefficient (Wildman–Crippen LogP) is 0.843. The summed E-state index contributed by atoms with van der Waals surface area (Å²) in [5.74, 6) is 3.80. The fourth-order valence-corrected chi connectivity index (χ4v) is 4.15. The summed E-state index contributed by atoms with van der Waals surface area (Å²) in [4.78, 5) is 9.03. The molecule has 1 atom stereocenters. The molecule has 2 aliphatic rings. The number of rotatable bonds is 5. The van der Waals surface area contributed by atoms with Gasteiger partial charge >= 0.3 is 0 Å². The number of hydrogen-bond donors (Lipinski definition) is 1. The van der Waals surface area contributed by atoms with Crippen molar-refractivity contribution in [1.82, 2.24) is 34.7 Å². The van der Waals surface area contributed by atoms with E-state index < -0.39 is 0 Å². The third-order valence-electron chi connectivity index (χ3n) is 5.72. The third kappa shape index (κ3) is 4.36. The van der Waals surface area contributed by atoms with Gasteiger partial charge in [0.25, 0.3) is 0 Å². The lowest BCUT2D eigenvalue weighted by molar-refractivity contribution is 0.0775. The minimum Gasteiger partial charge on any atom is -0.393 e. The minimum absolute atomic E-state index is 0.146. The zero-order chi connectivity index (χ0) is 18.8. The smallest absolute Gasteiger partial charge is 0.240 e. The van der Waals surface area contributed by atoms with Crippen LogP contribution in [0.25, 0.3) is 0 Å². The molecule has 0 aromatic carbocycles. The van der Waals surface area contributed by atoms with Gasteiger partial charge in [-0.25, -0.2) is 0 Å². The molecule has 2 aromatic rings. The highest BCUT2D eigenvalue weighted by Gasteiger charge is 2.27. The van der Waals surface area contributed by atoms with Gasteiger partial charge in [-0.05, 0) is 39.2 Å². The second-order valence-electron chi connectivity index (χ2n) is 7.85. The van der Waals surface area contributed by atoms with Crippen LogP contribution in [0.4, 0.5) is 0 Å². The van der Waals surface area contributed by atoms with Gasteiger partial charge in [-0.15, -0.1) is 10.2 Å². The average molecular weight is 375 g/mol. The Morgan fingerprint density at radius 3 is 2.63 bits per heavy atom. The molecule has 0 unspecified atom stereocenters. The molecule has 4 rings (SSSR count). The Balaban J connectivity index is 1.38. The second-order valence-corrected chi connectivity index (χ2v) is 7.85. The summed E-state index contributed by atoms with van der Waals surface area (Å²) in [5.41, 5.74) is 0. The maximum atomic E-state index is 9.67. The van der Waals surface area contributed by atoms with Crippen molar-refractivity contribution < 1.29 is 9.63 Å². The van der Waals surface area contributed by atoms with E-state index in [1.165, 1.54) is 0 Å². The summed E-state index contributed by atoms with van der Waals surface area (Å²) >= 11 is 0. The highest BCUT2D eigenvalue weighted by atomic mass is 16.5. The Kier molecular flexibility index (Phi) is 5.51. The van der Waals surface area contributed by atoms with Crippen molar-refractivity contribution in [1.29, 1.82) is 0 Å². The van der Waals surface area contributed by atoms with Gasteiger partial charge in [0.1, 0.15) is 11.6 Å². The molecule has 2 aliphatic heterocycles. The first kappa shape index (κ1) is 18.5. The number of likely N-dealkylation sites (tertiary alicyclic amines) is 2. The molecule has 0 spiro atoms. The van der Waals surface area contributed by atoms with Crippen molar-refractivity contribution in [3.05, 3.63) is 23.4 Å². The standard InChI is InChI=1S/C18H29N7O2/c1-13-19-17(27-22-13)12-25-7-3-4-14(10-25)18-21-20-16(23(18)2)11-24-8-5-15(26)6-9-24/h14-15,26H,3-12H2,1-2H3/t14-/m0/s1. The third-order valence-corrected chi connectivity index (χ3v) is 5.72. The van der Waals surface area contributed by atoms with Crippen LogP contribution in [0, 0.1) is 6.92 Å². The molecular formula is C18H29N7O2. The number of hydrogen-bond acceptors (Lipinski definition) is 8. The molecule has 1 N–H and O–H groups in total. The lowest BCUT2D eigenvalue weighted by Crippen LogP contribution is -2.36. The number of aliphatic hydroxyl groups is 1. The van der Waals surface area contributed by atoms with Crippen LogP contribution in [0.2, 0.25) is 0 Å². The van der Waals surface area contributed by atoms with E-state index in [9.17, 15) is 5.11 Å². The summed E-state index contributed by atoms with van der Waals surface area (Å²) in [6, 6.07) is 0. The molecule has 0 radical (unpaired) electrons. The summed E-state index contributed by atoms with van der Waals surface area (Å²) in [6.45, 7) is 7.15. The predicted molar refractivity (Wildman–Crippen MR) is 97.8 cm³/mol. The highest BCUT2D eigenvalue weighted by molar-refractivity contribution is 5.04. The van der Waals surface area contributed by atoms with Gasteiger partial charge in [-0.1, -0.05) is 5.16 Å². The number of nitrogens with zero attached hydrogens (tertiary/aromatic N) is 7. The number of aliphatic hydroxyl groups excluding tert-OH is 1. The van der Waals surface area contributed by atoms with E-state index in [0.717, 1.165) is 70.1 Å². The van der Waals surface area contributed by atoms with Gasteiger partial charge in [-0.3, -0.25) is 9.80 Å². The van der Waals surface area contributed by atoms with Crippen LogP contribution in [-0.2, 0) is 20.1 Å². The topological polar surface area (TPSA) is 96.3 Å². The normalized spacial score (nSPS) is 23.1. The molecular weight excluding hydrogens is 346 g/mol. The van der Waals surface area contributed by atoms with Gasteiger partial charge in [0.15, 0.2) is 5.82 Å². The van der Waals surface area contributed by atoms with Gasteiger partial charge in [0, 0.05) is 32.6 Å². The summed E-state index contributed by atoms with van der Waals surface area (Å²) in [7, 11) is 2.07. The molecule has 0 amide bonds. The maximum absolute atomic E-state index is 9.67. The van der Waals surface area contributed by atoms with E-state index in [0.29, 0.717) is 24.2 Å². The van der Waals surface area contributed by atoms with Crippen molar-refractivity contribution in [2.24, 2.45) is 7.05 Å². The molecule has 2 fully saturated rings. The molecule has 0 saturated carbocycles. The van der Waals surface area contributed by atoms with E-state index in [1.807, 2.05) is 6.92 Å². The minimum atomic E-state index is -0.146. The van der Waals surface area contributed by atoms with Crippen LogP contribution < -0.4 is 0 Å². The lowest BCUT2D eigenvalue weighted by Gasteiger charge is -2.31. The van der Waals surface area contributed by atoms with Gasteiger partial charge in [-0.2, -0.15) is 4.98 Å². The van der Waals surface area contributed by atoms with Crippen LogP contribution in [-0.4, -0.2) is 72.1 Å². The largest absolute Gasteiger partial charge is 0.393 e. The van der Waals surface area contributed by atoms with Crippen LogP contribution in [0.1, 0.15) is 55.0 Å². The van der Waals surface area contributed by atoms with E-state index in [1.54, 1.807) is 0 Å². The molecule has 148 valence electrons. The molecule has 9 heteroatoms. The Morgan fingerprint density at radius 1 is 1.07 bits per heavy atom. The summed E-state index contributed by atoms with van der Waals surface area (Å²) < 4.78 is 7.43. The van der Waals surface area contributed by atoms with Gasteiger partial charge in [0.2, 0.25) is 5.89 Å². The monoisotopic (exact) mass is 375 g/mol. The first-order valence-corrected chi connectivity index (χ1v) is 9.88. The molecule has 9 nitrogen and oxygen atoms in total. The first-order chi connectivity index (χ1) is 13.1. The van der Waals surface area contributed by atoms with Crippen molar-refractivity contribution in [3.8, 4) is 0 Å². The van der Waals surface area contributed by atoms with Crippen LogP contribution in [0.5, 0.6) is 0 Å². The molecule has 0 bridgehead atoms. The van der Waals surface area contributed by atoms with Crippen molar-refractivity contribution >= 4 is 0 Å². The molecule has 4 heterocycles. The zero-order valence-corrected chi connectivity index (χ0v) is 16.2. The van der Waals surface area contributed by atoms with Gasteiger partial charge < -0.3 is 14.2 Å². The Morgan fingerprint density at radius 2 is 1.89 bits per heavy atom. The Hall–Kier alpha value is -1.84. The van der Waals surface area contributed by atoms with Crippen LogP contribution in [0.3, 0.4) is 0 Å². The van der Waals surface area contributed by atoms with Crippen LogP contribution in [0.15, 0.2) is 4.52 Å². The van der Waals surface area contributed by atoms with Crippen molar-refractivity contribution in [2.45, 2.75) is 57.7 Å². The molecule has 0 aliphatic carbocycles. The zero-order valence-electron chi connectivity index (χ0n) is 16.2. The van der Waals surface area contributed by atoms with Gasteiger partial charge in [0.05, 0.1) is 19.2 Å². The molecule has 2 saturated heterocycles. The van der Waals surface area contributed by atoms with E-state index in [2.05, 4.69) is 41.8 Å². The van der Waals surface area contributed by atoms with E-state index >= 15 is 0 Å². The molecule has 2 aromatic heterocycles.